The number of hydrogen-bond donors (Lipinski definition) is 1. The third-order valence-corrected chi connectivity index (χ3v) is 4.47. The normalized spacial score (nSPS) is 24.1. The Kier molecular flexibility index (Phi) is 8.22. The average Bonchev–Trinajstić information content (AvgIpc) is 2.79. The number of hydrogen-bond acceptors (Lipinski definition) is 4. The molecule has 1 aliphatic rings. The van der Waals surface area contributed by atoms with Crippen LogP contribution in [0.15, 0.2) is 0 Å². The highest BCUT2D eigenvalue weighted by atomic mass is 16.5. The molecular weight excluding hydrogens is 266 g/mol. The molecule has 5 heteroatoms. The minimum atomic E-state index is -0.00386. The Balaban J connectivity index is 2.57. The fraction of sp³-hybridized carbons (Fsp3) is 0.938. The largest absolute Gasteiger partial charge is 0.383 e. The van der Waals surface area contributed by atoms with E-state index in [4.69, 9.17) is 4.74 Å². The van der Waals surface area contributed by atoms with Crippen LogP contribution in [-0.4, -0.2) is 68.3 Å². The van der Waals surface area contributed by atoms with Gasteiger partial charge in [0.1, 0.15) is 0 Å². The molecule has 1 heterocycles. The van der Waals surface area contributed by atoms with Gasteiger partial charge in [0.15, 0.2) is 0 Å². The van der Waals surface area contributed by atoms with E-state index in [2.05, 4.69) is 38.0 Å². The van der Waals surface area contributed by atoms with Gasteiger partial charge in [-0.2, -0.15) is 0 Å². The molecule has 0 spiro atoms. The van der Waals surface area contributed by atoms with Crippen LogP contribution < -0.4 is 5.32 Å². The van der Waals surface area contributed by atoms with Crippen LogP contribution in [0.5, 0.6) is 0 Å². The highest BCUT2D eigenvalue weighted by molar-refractivity contribution is 5.84. The molecule has 0 bridgehead atoms. The SMILES string of the molecule is CCCC1NC(C(C)CC)C(=O)N1CCN(C)CCOC. The molecule has 1 fully saturated rings. The molecule has 1 N–H and O–H groups in total. The van der Waals surface area contributed by atoms with Gasteiger partial charge in [0.25, 0.3) is 0 Å². The van der Waals surface area contributed by atoms with E-state index in [1.807, 2.05) is 4.90 Å². The van der Waals surface area contributed by atoms with Gasteiger partial charge in [-0.05, 0) is 19.4 Å². The summed E-state index contributed by atoms with van der Waals surface area (Å²) in [5.41, 5.74) is 0. The van der Waals surface area contributed by atoms with E-state index >= 15 is 0 Å². The summed E-state index contributed by atoms with van der Waals surface area (Å²) in [6, 6.07) is -0.00386. The zero-order valence-corrected chi connectivity index (χ0v) is 14.4. The summed E-state index contributed by atoms with van der Waals surface area (Å²) in [6.07, 6.45) is 3.36. The summed E-state index contributed by atoms with van der Waals surface area (Å²) in [5, 5.41) is 3.54. The van der Waals surface area contributed by atoms with Crippen molar-refractivity contribution in [3.8, 4) is 0 Å². The summed E-state index contributed by atoms with van der Waals surface area (Å²) < 4.78 is 5.09. The molecule has 1 rings (SSSR count). The zero-order chi connectivity index (χ0) is 15.8. The minimum absolute atomic E-state index is 0.00386. The maximum atomic E-state index is 12.6. The van der Waals surface area contributed by atoms with E-state index in [0.717, 1.165) is 45.5 Å². The lowest BCUT2D eigenvalue weighted by Gasteiger charge is -2.26. The standard InChI is InChI=1S/C16H33N3O2/c1-6-8-14-17-15(13(3)7-2)16(20)19(14)10-9-18(4)11-12-21-5/h13-15,17H,6-12H2,1-5H3. The highest BCUT2D eigenvalue weighted by Crippen LogP contribution is 2.21. The van der Waals surface area contributed by atoms with Crippen molar-refractivity contribution in [3.05, 3.63) is 0 Å². The second-order valence-electron chi connectivity index (χ2n) is 6.16. The van der Waals surface area contributed by atoms with Gasteiger partial charge in [-0.3, -0.25) is 10.1 Å². The maximum Gasteiger partial charge on any atom is 0.241 e. The first-order valence-electron chi connectivity index (χ1n) is 8.29. The van der Waals surface area contributed by atoms with Crippen molar-refractivity contribution in [2.75, 3.05) is 40.4 Å². The Labute approximate surface area is 130 Å². The van der Waals surface area contributed by atoms with Crippen molar-refractivity contribution in [2.45, 2.75) is 52.2 Å². The van der Waals surface area contributed by atoms with Gasteiger partial charge in [0, 0.05) is 26.7 Å². The third kappa shape index (κ3) is 5.24. The van der Waals surface area contributed by atoms with E-state index in [-0.39, 0.29) is 18.1 Å². The van der Waals surface area contributed by atoms with Crippen molar-refractivity contribution in [1.82, 2.24) is 15.1 Å². The van der Waals surface area contributed by atoms with Gasteiger partial charge in [0.05, 0.1) is 18.8 Å². The Morgan fingerprint density at radius 2 is 2.10 bits per heavy atom. The first-order chi connectivity index (χ1) is 10.0. The Morgan fingerprint density at radius 1 is 1.38 bits per heavy atom. The highest BCUT2D eigenvalue weighted by Gasteiger charge is 2.40. The van der Waals surface area contributed by atoms with Crippen LogP contribution >= 0.6 is 0 Å². The van der Waals surface area contributed by atoms with Crippen LogP contribution in [0.3, 0.4) is 0 Å². The molecule has 0 aromatic rings. The second kappa shape index (κ2) is 9.38. The number of ether oxygens (including phenoxy) is 1. The molecule has 3 atom stereocenters. The molecule has 3 unspecified atom stereocenters. The second-order valence-corrected chi connectivity index (χ2v) is 6.16. The average molecular weight is 299 g/mol. The molecule has 5 nitrogen and oxygen atoms in total. The number of nitrogens with one attached hydrogen (secondary N) is 1. The number of carbonyl (C=O) groups is 1. The van der Waals surface area contributed by atoms with Crippen LogP contribution in [0, 0.1) is 5.92 Å². The number of likely N-dealkylation sites (N-methyl/N-ethyl adjacent to an activating group) is 1. The van der Waals surface area contributed by atoms with Crippen molar-refractivity contribution < 1.29 is 9.53 Å². The van der Waals surface area contributed by atoms with Crippen molar-refractivity contribution >= 4 is 5.91 Å². The van der Waals surface area contributed by atoms with Crippen molar-refractivity contribution in [3.63, 3.8) is 0 Å². The van der Waals surface area contributed by atoms with Crippen molar-refractivity contribution in [1.29, 1.82) is 0 Å². The molecule has 0 aromatic carbocycles. The molecule has 0 aromatic heterocycles. The molecule has 1 amide bonds. The van der Waals surface area contributed by atoms with Gasteiger partial charge in [-0.1, -0.05) is 33.6 Å². The fourth-order valence-electron chi connectivity index (χ4n) is 2.76. The molecule has 1 aliphatic heterocycles. The number of methoxy groups -OCH3 is 1. The first-order valence-corrected chi connectivity index (χ1v) is 8.29. The van der Waals surface area contributed by atoms with Gasteiger partial charge >= 0.3 is 0 Å². The zero-order valence-electron chi connectivity index (χ0n) is 14.4. The summed E-state index contributed by atoms with van der Waals surface area (Å²) in [7, 11) is 3.80. The lowest BCUT2D eigenvalue weighted by Crippen LogP contribution is -2.42. The third-order valence-electron chi connectivity index (χ3n) is 4.47. The summed E-state index contributed by atoms with van der Waals surface area (Å²) in [6.45, 7) is 9.80. The van der Waals surface area contributed by atoms with E-state index in [1.54, 1.807) is 7.11 Å². The monoisotopic (exact) mass is 299 g/mol. The summed E-state index contributed by atoms with van der Waals surface area (Å²) in [4.78, 5) is 16.9. The molecule has 0 radical (unpaired) electrons. The Morgan fingerprint density at radius 3 is 2.67 bits per heavy atom. The maximum absolute atomic E-state index is 12.6. The minimum Gasteiger partial charge on any atom is -0.383 e. The molecular formula is C16H33N3O2. The smallest absolute Gasteiger partial charge is 0.241 e. The number of rotatable bonds is 10. The first kappa shape index (κ1) is 18.4. The lowest BCUT2D eigenvalue weighted by molar-refractivity contribution is -0.131. The van der Waals surface area contributed by atoms with Crippen molar-refractivity contribution in [2.24, 2.45) is 5.92 Å². The summed E-state index contributed by atoms with van der Waals surface area (Å²) in [5.74, 6) is 0.677. The fourth-order valence-corrected chi connectivity index (χ4v) is 2.76. The van der Waals surface area contributed by atoms with E-state index in [1.165, 1.54) is 0 Å². The molecule has 0 saturated carbocycles. The Bertz CT molecular complexity index is 312. The van der Waals surface area contributed by atoms with Crippen LogP contribution in [0.2, 0.25) is 0 Å². The number of amides is 1. The van der Waals surface area contributed by atoms with Gasteiger partial charge in [-0.15, -0.1) is 0 Å². The quantitative estimate of drug-likeness (QED) is 0.664. The summed E-state index contributed by atoms with van der Waals surface area (Å²) >= 11 is 0. The molecule has 0 aliphatic carbocycles. The predicted octanol–water partition coefficient (Wildman–Crippen LogP) is 1.54. The van der Waals surface area contributed by atoms with E-state index in [9.17, 15) is 4.79 Å². The number of nitrogens with zero attached hydrogens (tertiary/aromatic N) is 2. The van der Waals surface area contributed by atoms with E-state index in [0.29, 0.717) is 5.92 Å². The molecule has 124 valence electrons. The Hall–Kier alpha value is -0.650. The van der Waals surface area contributed by atoms with Crippen LogP contribution in [0.25, 0.3) is 0 Å². The van der Waals surface area contributed by atoms with Gasteiger partial charge in [0.2, 0.25) is 5.91 Å². The van der Waals surface area contributed by atoms with E-state index < -0.39 is 0 Å². The lowest BCUT2D eigenvalue weighted by atomic mass is 9.99. The topological polar surface area (TPSA) is 44.8 Å². The van der Waals surface area contributed by atoms with Gasteiger partial charge in [-0.25, -0.2) is 0 Å². The predicted molar refractivity (Wildman–Crippen MR) is 86.2 cm³/mol. The van der Waals surface area contributed by atoms with Crippen LogP contribution in [0.4, 0.5) is 0 Å². The van der Waals surface area contributed by atoms with Crippen LogP contribution in [-0.2, 0) is 9.53 Å². The molecule has 21 heavy (non-hydrogen) atoms. The molecule has 1 saturated heterocycles. The van der Waals surface area contributed by atoms with Gasteiger partial charge < -0.3 is 14.5 Å². The number of carbonyl (C=O) groups excluding carboxylic acids is 1. The van der Waals surface area contributed by atoms with Crippen LogP contribution in [0.1, 0.15) is 40.0 Å².